The number of carbonyl (C=O) groups is 1. The highest BCUT2D eigenvalue weighted by Gasteiger charge is 2.31. The molecule has 0 heterocycles. The maximum absolute atomic E-state index is 12.0. The van der Waals surface area contributed by atoms with Crippen molar-refractivity contribution in [1.29, 1.82) is 0 Å². The second kappa shape index (κ2) is 5.58. The SMILES string of the molecule is NC(=O)O[C@@H](CO)c1cccc(OC(F)(F)F)c1. The number of halogens is 3. The van der Waals surface area contributed by atoms with E-state index in [2.05, 4.69) is 9.47 Å². The first-order valence-electron chi connectivity index (χ1n) is 4.74. The number of rotatable bonds is 4. The number of alkyl halides is 3. The van der Waals surface area contributed by atoms with Crippen LogP contribution in [0.2, 0.25) is 0 Å². The van der Waals surface area contributed by atoms with Crippen LogP contribution in [0, 0.1) is 0 Å². The summed E-state index contributed by atoms with van der Waals surface area (Å²) in [4.78, 5) is 10.5. The van der Waals surface area contributed by atoms with E-state index in [0.717, 1.165) is 12.1 Å². The second-order valence-electron chi connectivity index (χ2n) is 3.23. The molecule has 0 spiro atoms. The zero-order valence-corrected chi connectivity index (χ0v) is 8.98. The fourth-order valence-electron chi connectivity index (χ4n) is 1.26. The van der Waals surface area contributed by atoms with E-state index < -0.39 is 30.9 Å². The maximum atomic E-state index is 12.0. The topological polar surface area (TPSA) is 81.8 Å². The first-order chi connectivity index (χ1) is 8.31. The van der Waals surface area contributed by atoms with Gasteiger partial charge in [-0.2, -0.15) is 0 Å². The normalized spacial score (nSPS) is 12.9. The summed E-state index contributed by atoms with van der Waals surface area (Å²) >= 11 is 0. The van der Waals surface area contributed by atoms with Gasteiger partial charge >= 0.3 is 12.5 Å². The number of ether oxygens (including phenoxy) is 2. The van der Waals surface area contributed by atoms with Gasteiger partial charge < -0.3 is 20.3 Å². The lowest BCUT2D eigenvalue weighted by atomic mass is 10.1. The van der Waals surface area contributed by atoms with E-state index in [4.69, 9.17) is 10.8 Å². The molecule has 5 nitrogen and oxygen atoms in total. The molecule has 0 saturated heterocycles. The van der Waals surface area contributed by atoms with Gasteiger partial charge in [-0.1, -0.05) is 12.1 Å². The van der Waals surface area contributed by atoms with Crippen LogP contribution >= 0.6 is 0 Å². The van der Waals surface area contributed by atoms with Gasteiger partial charge in [-0.05, 0) is 17.7 Å². The van der Waals surface area contributed by atoms with Gasteiger partial charge in [0.25, 0.3) is 0 Å². The Hall–Kier alpha value is -1.96. The summed E-state index contributed by atoms with van der Waals surface area (Å²) in [5, 5.41) is 8.96. The van der Waals surface area contributed by atoms with Crippen LogP contribution in [0.1, 0.15) is 11.7 Å². The van der Waals surface area contributed by atoms with Crippen molar-refractivity contribution < 1.29 is 32.5 Å². The molecule has 0 aliphatic carbocycles. The van der Waals surface area contributed by atoms with Crippen LogP contribution in [0.3, 0.4) is 0 Å². The highest BCUT2D eigenvalue weighted by Crippen LogP contribution is 2.26. The van der Waals surface area contributed by atoms with Crippen LogP contribution in [-0.4, -0.2) is 24.2 Å². The average molecular weight is 265 g/mol. The number of benzene rings is 1. The van der Waals surface area contributed by atoms with Crippen LogP contribution in [0.15, 0.2) is 24.3 Å². The molecule has 0 aromatic heterocycles. The number of aliphatic hydroxyl groups excluding tert-OH is 1. The third-order valence-electron chi connectivity index (χ3n) is 1.89. The molecule has 100 valence electrons. The first-order valence-corrected chi connectivity index (χ1v) is 4.74. The zero-order valence-electron chi connectivity index (χ0n) is 8.98. The van der Waals surface area contributed by atoms with E-state index in [-0.39, 0.29) is 5.56 Å². The Morgan fingerprint density at radius 3 is 2.61 bits per heavy atom. The van der Waals surface area contributed by atoms with Crippen molar-refractivity contribution in [1.82, 2.24) is 0 Å². The Balaban J connectivity index is 2.89. The minimum absolute atomic E-state index is 0.137. The Morgan fingerprint density at radius 1 is 1.44 bits per heavy atom. The molecule has 1 atom stereocenters. The van der Waals surface area contributed by atoms with Gasteiger partial charge in [-0.25, -0.2) is 4.79 Å². The van der Waals surface area contributed by atoms with Crippen molar-refractivity contribution in [2.45, 2.75) is 12.5 Å². The maximum Gasteiger partial charge on any atom is 0.573 e. The smallest absolute Gasteiger partial charge is 0.439 e. The number of hydrogen-bond acceptors (Lipinski definition) is 4. The van der Waals surface area contributed by atoms with Gasteiger partial charge in [0.05, 0.1) is 6.61 Å². The lowest BCUT2D eigenvalue weighted by Gasteiger charge is -2.15. The molecule has 1 rings (SSSR count). The van der Waals surface area contributed by atoms with Crippen molar-refractivity contribution in [2.75, 3.05) is 6.61 Å². The van der Waals surface area contributed by atoms with Gasteiger partial charge in [0, 0.05) is 0 Å². The summed E-state index contributed by atoms with van der Waals surface area (Å²) in [5.74, 6) is -0.480. The quantitative estimate of drug-likeness (QED) is 0.868. The summed E-state index contributed by atoms with van der Waals surface area (Å²) in [6.07, 6.45) is -7.10. The molecule has 1 aromatic rings. The van der Waals surface area contributed by atoms with Gasteiger partial charge in [0.15, 0.2) is 6.10 Å². The monoisotopic (exact) mass is 265 g/mol. The standard InChI is InChI=1S/C10H10F3NO4/c11-10(12,13)18-7-3-1-2-6(4-7)8(5-15)17-9(14)16/h1-4,8,15H,5H2,(H2,14,16)/t8-/m0/s1. The van der Waals surface area contributed by atoms with Crippen molar-refractivity contribution in [3.63, 3.8) is 0 Å². The average Bonchev–Trinajstić information content (AvgIpc) is 2.23. The van der Waals surface area contributed by atoms with E-state index >= 15 is 0 Å². The molecule has 1 amide bonds. The van der Waals surface area contributed by atoms with E-state index in [1.54, 1.807) is 0 Å². The molecule has 3 N–H and O–H groups in total. The molecule has 0 aliphatic heterocycles. The van der Waals surface area contributed by atoms with Crippen LogP contribution < -0.4 is 10.5 Å². The number of nitrogens with two attached hydrogens (primary N) is 1. The number of hydrogen-bond donors (Lipinski definition) is 2. The van der Waals surface area contributed by atoms with Crippen LogP contribution in [0.4, 0.5) is 18.0 Å². The van der Waals surface area contributed by atoms with E-state index in [1.165, 1.54) is 12.1 Å². The largest absolute Gasteiger partial charge is 0.573 e. The van der Waals surface area contributed by atoms with E-state index in [1.807, 2.05) is 0 Å². The fourth-order valence-corrected chi connectivity index (χ4v) is 1.26. The predicted molar refractivity (Wildman–Crippen MR) is 53.6 cm³/mol. The molecule has 8 heteroatoms. The highest BCUT2D eigenvalue weighted by atomic mass is 19.4. The third kappa shape index (κ3) is 4.50. The van der Waals surface area contributed by atoms with Crippen molar-refractivity contribution in [3.8, 4) is 5.75 Å². The summed E-state index contributed by atoms with van der Waals surface area (Å²) < 4.78 is 44.2. The summed E-state index contributed by atoms with van der Waals surface area (Å²) in [6, 6.07) is 4.71. The molecule has 0 fully saturated rings. The summed E-state index contributed by atoms with van der Waals surface area (Å²) in [5.41, 5.74) is 4.90. The predicted octanol–water partition coefficient (Wildman–Crippen LogP) is 1.71. The molecule has 0 radical (unpaired) electrons. The number of primary amides is 1. The Morgan fingerprint density at radius 2 is 2.11 bits per heavy atom. The summed E-state index contributed by atoms with van der Waals surface area (Å²) in [6.45, 7) is -0.613. The van der Waals surface area contributed by atoms with Gasteiger partial charge in [-0.3, -0.25) is 0 Å². The van der Waals surface area contributed by atoms with Gasteiger partial charge in [0.2, 0.25) is 0 Å². The van der Waals surface area contributed by atoms with Crippen LogP contribution in [0.25, 0.3) is 0 Å². The third-order valence-corrected chi connectivity index (χ3v) is 1.89. The lowest BCUT2D eigenvalue weighted by Crippen LogP contribution is -2.20. The van der Waals surface area contributed by atoms with Crippen molar-refractivity contribution >= 4 is 6.09 Å². The van der Waals surface area contributed by atoms with Gasteiger partial charge in [-0.15, -0.1) is 13.2 Å². The number of carbonyl (C=O) groups excluding carboxylic acids is 1. The number of aliphatic hydroxyl groups is 1. The molecule has 0 aliphatic rings. The molecule has 1 aromatic carbocycles. The Labute approximate surface area is 99.9 Å². The van der Waals surface area contributed by atoms with Crippen molar-refractivity contribution in [3.05, 3.63) is 29.8 Å². The van der Waals surface area contributed by atoms with E-state index in [9.17, 15) is 18.0 Å². The molecule has 0 bridgehead atoms. The molecule has 0 saturated carbocycles. The van der Waals surface area contributed by atoms with Crippen molar-refractivity contribution in [2.24, 2.45) is 5.73 Å². The minimum atomic E-state index is -4.82. The molecule has 0 unspecified atom stereocenters. The van der Waals surface area contributed by atoms with Crippen LogP contribution in [0.5, 0.6) is 5.75 Å². The summed E-state index contributed by atoms with van der Waals surface area (Å²) in [7, 11) is 0. The second-order valence-corrected chi connectivity index (χ2v) is 3.23. The fraction of sp³-hybridized carbons (Fsp3) is 0.300. The minimum Gasteiger partial charge on any atom is -0.439 e. The zero-order chi connectivity index (χ0) is 13.8. The molecular formula is C10H10F3NO4. The molecule has 18 heavy (non-hydrogen) atoms. The Bertz CT molecular complexity index is 422. The Kier molecular flexibility index (Phi) is 4.38. The number of amides is 1. The van der Waals surface area contributed by atoms with E-state index in [0.29, 0.717) is 0 Å². The first kappa shape index (κ1) is 14.1. The molecular weight excluding hydrogens is 255 g/mol. The highest BCUT2D eigenvalue weighted by molar-refractivity contribution is 5.65. The van der Waals surface area contributed by atoms with Gasteiger partial charge in [0.1, 0.15) is 5.75 Å². The lowest BCUT2D eigenvalue weighted by molar-refractivity contribution is -0.274. The van der Waals surface area contributed by atoms with Crippen LogP contribution in [-0.2, 0) is 4.74 Å².